The van der Waals surface area contributed by atoms with Crippen molar-refractivity contribution in [1.82, 2.24) is 14.8 Å². The van der Waals surface area contributed by atoms with Crippen LogP contribution < -0.4 is 0 Å². The first-order valence-electron chi connectivity index (χ1n) is 4.36. The van der Waals surface area contributed by atoms with Gasteiger partial charge < -0.3 is 14.8 Å². The Hall–Kier alpha value is -1.43. The maximum atomic E-state index is 10.3. The van der Waals surface area contributed by atoms with Gasteiger partial charge in [0, 0.05) is 13.0 Å². The Morgan fingerprint density at radius 1 is 1.50 bits per heavy atom. The van der Waals surface area contributed by atoms with Gasteiger partial charge in [-0.3, -0.25) is 4.79 Å². The zero-order valence-electron chi connectivity index (χ0n) is 7.97. The quantitative estimate of drug-likeness (QED) is 0.693. The molecule has 0 saturated carbocycles. The lowest BCUT2D eigenvalue weighted by Gasteiger charge is -2.05. The fourth-order valence-electron chi connectivity index (χ4n) is 1.22. The van der Waals surface area contributed by atoms with Crippen LogP contribution >= 0.6 is 0 Å². The minimum atomic E-state index is -0.818. The molecule has 14 heavy (non-hydrogen) atoms. The standard InChI is InChI=1S/C8H13N3O3/c1-6-9-10-7(5-12)11(6)4-2-3-8(13)14/h12H,2-5H2,1H3,(H,13,14). The predicted molar refractivity (Wildman–Crippen MR) is 47.6 cm³/mol. The second kappa shape index (κ2) is 4.71. The molecule has 1 rings (SSSR count). The number of carboxylic acids is 1. The summed E-state index contributed by atoms with van der Waals surface area (Å²) in [6.45, 7) is 2.13. The van der Waals surface area contributed by atoms with Crippen molar-refractivity contribution < 1.29 is 15.0 Å². The number of hydrogen-bond donors (Lipinski definition) is 2. The zero-order valence-corrected chi connectivity index (χ0v) is 7.97. The molecule has 1 aromatic heterocycles. The molecule has 0 aliphatic carbocycles. The summed E-state index contributed by atoms with van der Waals surface area (Å²) in [5.74, 6) is 0.355. The molecule has 6 nitrogen and oxygen atoms in total. The third-order valence-electron chi connectivity index (χ3n) is 1.93. The molecule has 0 atom stereocenters. The van der Waals surface area contributed by atoms with Crippen molar-refractivity contribution in [2.75, 3.05) is 0 Å². The van der Waals surface area contributed by atoms with E-state index in [9.17, 15) is 4.79 Å². The molecule has 0 spiro atoms. The summed E-state index contributed by atoms with van der Waals surface area (Å²) in [6.07, 6.45) is 0.629. The normalized spacial score (nSPS) is 10.4. The van der Waals surface area contributed by atoms with E-state index in [0.717, 1.165) is 0 Å². The largest absolute Gasteiger partial charge is 0.481 e. The van der Waals surface area contributed by atoms with Gasteiger partial charge in [-0.15, -0.1) is 10.2 Å². The van der Waals surface area contributed by atoms with Crippen LogP contribution in [0.15, 0.2) is 0 Å². The van der Waals surface area contributed by atoms with Crippen LogP contribution in [-0.2, 0) is 17.9 Å². The van der Waals surface area contributed by atoms with Gasteiger partial charge in [-0.2, -0.15) is 0 Å². The maximum absolute atomic E-state index is 10.3. The first-order valence-corrected chi connectivity index (χ1v) is 4.36. The van der Waals surface area contributed by atoms with Crippen molar-refractivity contribution >= 4 is 5.97 Å². The third-order valence-corrected chi connectivity index (χ3v) is 1.93. The Morgan fingerprint density at radius 3 is 2.79 bits per heavy atom. The van der Waals surface area contributed by atoms with E-state index in [0.29, 0.717) is 24.6 Å². The average Bonchev–Trinajstić information content (AvgIpc) is 2.47. The lowest BCUT2D eigenvalue weighted by molar-refractivity contribution is -0.137. The van der Waals surface area contributed by atoms with Crippen LogP contribution in [0, 0.1) is 6.92 Å². The molecule has 1 aromatic rings. The summed E-state index contributed by atoms with van der Waals surface area (Å²) >= 11 is 0. The smallest absolute Gasteiger partial charge is 0.303 e. The molecule has 0 bridgehead atoms. The Balaban J connectivity index is 2.56. The third kappa shape index (κ3) is 2.53. The number of rotatable bonds is 5. The van der Waals surface area contributed by atoms with Crippen LogP contribution in [0.5, 0.6) is 0 Å². The van der Waals surface area contributed by atoms with Crippen LogP contribution in [0.25, 0.3) is 0 Å². The number of aliphatic carboxylic acids is 1. The molecule has 0 saturated heterocycles. The molecule has 0 aliphatic rings. The molecule has 1 heterocycles. The molecular formula is C8H13N3O3. The van der Waals surface area contributed by atoms with Crippen molar-refractivity contribution in [3.8, 4) is 0 Å². The van der Waals surface area contributed by atoms with Gasteiger partial charge in [-0.25, -0.2) is 0 Å². The molecule has 0 unspecified atom stereocenters. The number of hydrogen-bond acceptors (Lipinski definition) is 4. The highest BCUT2D eigenvalue weighted by Gasteiger charge is 2.07. The van der Waals surface area contributed by atoms with Gasteiger partial charge in [-0.05, 0) is 13.3 Å². The first kappa shape index (κ1) is 10.6. The van der Waals surface area contributed by atoms with Crippen molar-refractivity contribution in [1.29, 1.82) is 0 Å². The van der Waals surface area contributed by atoms with Crippen molar-refractivity contribution in [3.63, 3.8) is 0 Å². The Kier molecular flexibility index (Phi) is 3.58. The van der Waals surface area contributed by atoms with Crippen molar-refractivity contribution in [2.45, 2.75) is 32.9 Å². The van der Waals surface area contributed by atoms with E-state index < -0.39 is 5.97 Å². The molecular weight excluding hydrogens is 186 g/mol. The number of aryl methyl sites for hydroxylation is 1. The van der Waals surface area contributed by atoms with E-state index in [1.807, 2.05) is 0 Å². The highest BCUT2D eigenvalue weighted by Crippen LogP contribution is 2.03. The summed E-state index contributed by atoms with van der Waals surface area (Å²) in [5, 5.41) is 24.9. The SMILES string of the molecule is Cc1nnc(CO)n1CCCC(=O)O. The minimum Gasteiger partial charge on any atom is -0.481 e. The highest BCUT2D eigenvalue weighted by atomic mass is 16.4. The topological polar surface area (TPSA) is 88.2 Å². The van der Waals surface area contributed by atoms with Gasteiger partial charge in [-0.1, -0.05) is 0 Å². The average molecular weight is 199 g/mol. The molecule has 0 radical (unpaired) electrons. The summed E-state index contributed by atoms with van der Waals surface area (Å²) in [6, 6.07) is 0. The Labute approximate surface area is 81.2 Å². The number of carbonyl (C=O) groups is 1. The van der Waals surface area contributed by atoms with Gasteiger partial charge >= 0.3 is 5.97 Å². The number of aliphatic hydroxyl groups is 1. The lowest BCUT2D eigenvalue weighted by atomic mass is 10.3. The highest BCUT2D eigenvalue weighted by molar-refractivity contribution is 5.66. The van der Waals surface area contributed by atoms with E-state index in [2.05, 4.69) is 10.2 Å². The van der Waals surface area contributed by atoms with E-state index >= 15 is 0 Å². The van der Waals surface area contributed by atoms with E-state index in [1.54, 1.807) is 11.5 Å². The second-order valence-corrected chi connectivity index (χ2v) is 2.97. The van der Waals surface area contributed by atoms with Gasteiger partial charge in [0.25, 0.3) is 0 Å². The molecule has 2 N–H and O–H groups in total. The Bertz CT molecular complexity index is 322. The van der Waals surface area contributed by atoms with Gasteiger partial charge in [0.15, 0.2) is 5.82 Å². The number of nitrogens with zero attached hydrogens (tertiary/aromatic N) is 3. The fraction of sp³-hybridized carbons (Fsp3) is 0.625. The molecule has 0 fully saturated rings. The van der Waals surface area contributed by atoms with Crippen LogP contribution in [0.3, 0.4) is 0 Å². The lowest BCUT2D eigenvalue weighted by Crippen LogP contribution is -2.07. The molecule has 0 aliphatic heterocycles. The zero-order chi connectivity index (χ0) is 10.6. The summed E-state index contributed by atoms with van der Waals surface area (Å²) < 4.78 is 1.73. The van der Waals surface area contributed by atoms with Crippen molar-refractivity contribution in [3.05, 3.63) is 11.6 Å². The monoisotopic (exact) mass is 199 g/mol. The summed E-state index contributed by atoms with van der Waals surface area (Å²) in [5.41, 5.74) is 0. The van der Waals surface area contributed by atoms with Gasteiger partial charge in [0.05, 0.1) is 0 Å². The minimum absolute atomic E-state index is 0.114. The predicted octanol–water partition coefficient (Wildman–Crippen LogP) is -0.0564. The molecule has 0 amide bonds. The Morgan fingerprint density at radius 2 is 2.21 bits per heavy atom. The van der Waals surface area contributed by atoms with Crippen LogP contribution in [0.1, 0.15) is 24.5 Å². The summed E-state index contributed by atoms with van der Waals surface area (Å²) in [4.78, 5) is 10.3. The number of aromatic nitrogens is 3. The second-order valence-electron chi connectivity index (χ2n) is 2.97. The number of aliphatic hydroxyl groups excluding tert-OH is 1. The van der Waals surface area contributed by atoms with E-state index in [-0.39, 0.29) is 13.0 Å². The van der Waals surface area contributed by atoms with Gasteiger partial charge in [0.1, 0.15) is 12.4 Å². The molecule has 78 valence electrons. The molecule has 0 aromatic carbocycles. The maximum Gasteiger partial charge on any atom is 0.303 e. The number of carboxylic acid groups (broad SMARTS) is 1. The van der Waals surface area contributed by atoms with Crippen LogP contribution in [-0.4, -0.2) is 30.9 Å². The first-order chi connectivity index (χ1) is 6.65. The van der Waals surface area contributed by atoms with E-state index in [1.165, 1.54) is 0 Å². The van der Waals surface area contributed by atoms with Gasteiger partial charge in [0.2, 0.25) is 0 Å². The fourth-order valence-corrected chi connectivity index (χ4v) is 1.22. The van der Waals surface area contributed by atoms with E-state index in [4.69, 9.17) is 10.2 Å². The van der Waals surface area contributed by atoms with Crippen LogP contribution in [0.2, 0.25) is 0 Å². The van der Waals surface area contributed by atoms with Crippen molar-refractivity contribution in [2.24, 2.45) is 0 Å². The molecule has 6 heteroatoms. The van der Waals surface area contributed by atoms with Crippen LogP contribution in [0.4, 0.5) is 0 Å². The summed E-state index contributed by atoms with van der Waals surface area (Å²) in [7, 11) is 0.